The van der Waals surface area contributed by atoms with Crippen molar-refractivity contribution in [3.05, 3.63) is 89.8 Å². The predicted octanol–water partition coefficient (Wildman–Crippen LogP) is 5.33. The molecule has 0 bridgehead atoms. The van der Waals surface area contributed by atoms with Gasteiger partial charge in [0.15, 0.2) is 11.3 Å². The van der Waals surface area contributed by atoms with E-state index in [0.29, 0.717) is 33.4 Å². The molecule has 6 aromatic rings. The minimum atomic E-state index is -4.79. The summed E-state index contributed by atoms with van der Waals surface area (Å²) in [4.78, 5) is 31.3. The van der Waals surface area contributed by atoms with Gasteiger partial charge in [-0.3, -0.25) is 19.0 Å². The van der Waals surface area contributed by atoms with Gasteiger partial charge in [0.05, 0.1) is 41.4 Å². The van der Waals surface area contributed by atoms with E-state index in [1.54, 1.807) is 49.8 Å². The normalized spacial score (nSPS) is 11.8. The Hall–Kier alpha value is -5.53. The summed E-state index contributed by atoms with van der Waals surface area (Å²) >= 11 is 0. The Balaban J connectivity index is 1.41. The average molecular weight is 588 g/mol. The van der Waals surface area contributed by atoms with E-state index < -0.39 is 23.7 Å². The number of fused-ring (bicyclic) bond motifs is 2. The summed E-state index contributed by atoms with van der Waals surface area (Å²) < 4.78 is 46.3. The van der Waals surface area contributed by atoms with Gasteiger partial charge in [-0.1, -0.05) is 42.5 Å². The molecule has 14 heteroatoms. The molecule has 6 rings (SSSR count). The van der Waals surface area contributed by atoms with E-state index in [0.717, 1.165) is 17.6 Å². The van der Waals surface area contributed by atoms with E-state index in [1.807, 2.05) is 18.2 Å². The summed E-state index contributed by atoms with van der Waals surface area (Å²) in [7, 11) is 1.73. The minimum absolute atomic E-state index is 0.0249. The van der Waals surface area contributed by atoms with Crippen LogP contribution in [0.5, 0.6) is 0 Å². The number of aromatic nitrogens is 7. The molecule has 2 aromatic carbocycles. The number of nitrogens with zero attached hydrogens (tertiary/aromatic N) is 7. The van der Waals surface area contributed by atoms with Crippen molar-refractivity contribution in [1.29, 1.82) is 0 Å². The molecule has 0 fully saturated rings. The topological polar surface area (TPSA) is 124 Å². The summed E-state index contributed by atoms with van der Waals surface area (Å²) in [5.74, 6) is -1.37. The monoisotopic (exact) mass is 587 g/mol. The number of amides is 2. The standard InChI is InChI=1S/C29H24F3N9O2/c1-4-40-25(28(43)37-22-14-33-39(3)16(22)2)23(15-34-40)38-27(42)20-13-35-41-24(29(30,31)32)12-21(36-26(20)41)19-11-7-9-17-8-5-6-10-18(17)19/h5-15H,4H2,1-3H3,(H,37,43)(H,38,42). The summed E-state index contributed by atoms with van der Waals surface area (Å²) in [6, 6.07) is 13.4. The fourth-order valence-corrected chi connectivity index (χ4v) is 4.86. The van der Waals surface area contributed by atoms with E-state index in [4.69, 9.17) is 0 Å². The van der Waals surface area contributed by atoms with Gasteiger partial charge in [-0.15, -0.1) is 0 Å². The van der Waals surface area contributed by atoms with Crippen LogP contribution in [0, 0.1) is 6.92 Å². The first-order valence-corrected chi connectivity index (χ1v) is 13.2. The number of anilines is 2. The maximum Gasteiger partial charge on any atom is 0.433 e. The van der Waals surface area contributed by atoms with Crippen molar-refractivity contribution >= 4 is 39.6 Å². The Bertz CT molecular complexity index is 2030. The largest absolute Gasteiger partial charge is 0.433 e. The molecule has 2 N–H and O–H groups in total. The number of hydrogen-bond acceptors (Lipinski definition) is 6. The molecule has 0 aliphatic rings. The highest BCUT2D eigenvalue weighted by Crippen LogP contribution is 2.35. The molecule has 0 saturated carbocycles. The van der Waals surface area contributed by atoms with E-state index in [-0.39, 0.29) is 28.3 Å². The number of nitrogens with one attached hydrogen (secondary N) is 2. The Kier molecular flexibility index (Phi) is 6.67. The lowest BCUT2D eigenvalue weighted by Crippen LogP contribution is -2.21. The van der Waals surface area contributed by atoms with Crippen molar-refractivity contribution in [1.82, 2.24) is 34.2 Å². The number of aryl methyl sites for hydroxylation is 2. The van der Waals surface area contributed by atoms with Crippen molar-refractivity contribution in [2.75, 3.05) is 10.6 Å². The third kappa shape index (κ3) is 4.86. The smallest absolute Gasteiger partial charge is 0.318 e. The summed E-state index contributed by atoms with van der Waals surface area (Å²) in [6.45, 7) is 3.86. The van der Waals surface area contributed by atoms with Gasteiger partial charge in [-0.05, 0) is 30.7 Å². The van der Waals surface area contributed by atoms with Crippen LogP contribution in [0.4, 0.5) is 24.5 Å². The first-order valence-electron chi connectivity index (χ1n) is 13.2. The predicted molar refractivity (Wildman–Crippen MR) is 153 cm³/mol. The van der Waals surface area contributed by atoms with Crippen LogP contribution < -0.4 is 10.6 Å². The lowest BCUT2D eigenvalue weighted by molar-refractivity contribution is -0.142. The van der Waals surface area contributed by atoms with Crippen molar-refractivity contribution in [3.8, 4) is 11.3 Å². The third-order valence-corrected chi connectivity index (χ3v) is 7.16. The summed E-state index contributed by atoms with van der Waals surface area (Å²) in [5.41, 5.74) is 0.181. The lowest BCUT2D eigenvalue weighted by atomic mass is 10.0. The van der Waals surface area contributed by atoms with Gasteiger partial charge in [0.25, 0.3) is 11.8 Å². The maximum atomic E-state index is 14.2. The van der Waals surface area contributed by atoms with E-state index in [9.17, 15) is 22.8 Å². The number of alkyl halides is 3. The van der Waals surface area contributed by atoms with Gasteiger partial charge in [-0.2, -0.15) is 28.5 Å². The number of carbonyl (C=O) groups is 2. The van der Waals surface area contributed by atoms with Crippen LogP contribution in [0.2, 0.25) is 0 Å². The second-order valence-corrected chi connectivity index (χ2v) is 9.74. The highest BCUT2D eigenvalue weighted by atomic mass is 19.4. The van der Waals surface area contributed by atoms with Crippen LogP contribution in [0.1, 0.15) is 39.2 Å². The molecule has 0 radical (unpaired) electrons. The zero-order valence-electron chi connectivity index (χ0n) is 23.1. The Morgan fingerprint density at radius 1 is 0.907 bits per heavy atom. The second kappa shape index (κ2) is 10.4. The fourth-order valence-electron chi connectivity index (χ4n) is 4.86. The maximum absolute atomic E-state index is 14.2. The summed E-state index contributed by atoms with van der Waals surface area (Å²) in [5, 5.41) is 19.1. The minimum Gasteiger partial charge on any atom is -0.318 e. The van der Waals surface area contributed by atoms with Crippen LogP contribution in [-0.2, 0) is 19.8 Å². The molecular weight excluding hydrogens is 563 g/mol. The molecule has 0 atom stereocenters. The molecular formula is C29H24F3N9O2. The quantitative estimate of drug-likeness (QED) is 0.272. The fraction of sp³-hybridized carbons (Fsp3) is 0.172. The zero-order valence-corrected chi connectivity index (χ0v) is 23.1. The van der Waals surface area contributed by atoms with Crippen LogP contribution in [0.15, 0.2) is 67.1 Å². The number of halogens is 3. The van der Waals surface area contributed by atoms with Crippen LogP contribution in [0.3, 0.4) is 0 Å². The average Bonchev–Trinajstić information content (AvgIpc) is 3.69. The SMILES string of the molecule is CCn1ncc(NC(=O)c2cnn3c(C(F)(F)F)cc(-c4cccc5ccccc45)nc23)c1C(=O)Nc1cnn(C)c1C. The Labute approximate surface area is 241 Å². The Morgan fingerprint density at radius 3 is 2.35 bits per heavy atom. The van der Waals surface area contributed by atoms with E-state index in [2.05, 4.69) is 30.9 Å². The third-order valence-electron chi connectivity index (χ3n) is 7.16. The molecule has 43 heavy (non-hydrogen) atoms. The first kappa shape index (κ1) is 27.6. The molecule has 11 nitrogen and oxygen atoms in total. The number of benzene rings is 2. The van der Waals surface area contributed by atoms with E-state index in [1.165, 1.54) is 17.1 Å². The van der Waals surface area contributed by atoms with Crippen molar-refractivity contribution < 1.29 is 22.8 Å². The van der Waals surface area contributed by atoms with Gasteiger partial charge in [-0.25, -0.2) is 9.50 Å². The van der Waals surface area contributed by atoms with Gasteiger partial charge >= 0.3 is 6.18 Å². The van der Waals surface area contributed by atoms with Crippen molar-refractivity contribution in [2.45, 2.75) is 26.6 Å². The van der Waals surface area contributed by atoms with E-state index >= 15 is 0 Å². The van der Waals surface area contributed by atoms with Crippen LogP contribution >= 0.6 is 0 Å². The van der Waals surface area contributed by atoms with Crippen molar-refractivity contribution in [3.63, 3.8) is 0 Å². The van der Waals surface area contributed by atoms with Gasteiger partial charge in [0, 0.05) is 19.2 Å². The second-order valence-electron chi connectivity index (χ2n) is 9.74. The lowest BCUT2D eigenvalue weighted by Gasteiger charge is -2.13. The number of carbonyl (C=O) groups excluding carboxylic acids is 2. The van der Waals surface area contributed by atoms with Crippen LogP contribution in [-0.4, -0.2) is 46.0 Å². The van der Waals surface area contributed by atoms with Gasteiger partial charge in [0.2, 0.25) is 0 Å². The van der Waals surface area contributed by atoms with Crippen LogP contribution in [0.25, 0.3) is 27.7 Å². The molecule has 0 unspecified atom stereocenters. The van der Waals surface area contributed by atoms with Crippen molar-refractivity contribution in [2.24, 2.45) is 7.05 Å². The molecule has 0 aliphatic carbocycles. The highest BCUT2D eigenvalue weighted by Gasteiger charge is 2.36. The van der Waals surface area contributed by atoms with Gasteiger partial charge in [0.1, 0.15) is 11.3 Å². The molecule has 4 heterocycles. The Morgan fingerprint density at radius 2 is 1.63 bits per heavy atom. The molecule has 2 amide bonds. The number of hydrogen-bond donors (Lipinski definition) is 2. The molecule has 0 spiro atoms. The molecule has 0 aliphatic heterocycles. The number of rotatable bonds is 6. The molecule has 4 aromatic heterocycles. The summed E-state index contributed by atoms with van der Waals surface area (Å²) in [6.07, 6.45) is -0.982. The molecule has 218 valence electrons. The molecule has 0 saturated heterocycles. The highest BCUT2D eigenvalue weighted by molar-refractivity contribution is 6.13. The first-order chi connectivity index (χ1) is 20.6. The van der Waals surface area contributed by atoms with Gasteiger partial charge < -0.3 is 10.6 Å². The zero-order chi connectivity index (χ0) is 30.5.